The minimum absolute atomic E-state index is 0.0960. The van der Waals surface area contributed by atoms with Gasteiger partial charge in [-0.1, -0.05) is 5.21 Å². The molecule has 2 N–H and O–H groups in total. The summed E-state index contributed by atoms with van der Waals surface area (Å²) in [6.45, 7) is 6.16. The Bertz CT molecular complexity index is 792. The Balaban J connectivity index is 1.86. The number of nitrogens with one attached hydrogen (secondary N) is 2. The van der Waals surface area contributed by atoms with Gasteiger partial charge in [0.05, 0.1) is 11.4 Å². The van der Waals surface area contributed by atoms with Crippen molar-refractivity contribution in [2.45, 2.75) is 39.7 Å². The Morgan fingerprint density at radius 2 is 2.00 bits per heavy atom. The van der Waals surface area contributed by atoms with Gasteiger partial charge in [-0.25, -0.2) is 4.68 Å². The Morgan fingerprint density at radius 3 is 2.62 bits per heavy atom. The van der Waals surface area contributed by atoms with Gasteiger partial charge >= 0.3 is 0 Å². The molecule has 0 bridgehead atoms. The van der Waals surface area contributed by atoms with E-state index in [9.17, 15) is 9.59 Å². The quantitative estimate of drug-likeness (QED) is 0.871. The molecular weight excluding hydrogens is 306 g/mol. The molecular formula is C17H21N5O2. The summed E-state index contributed by atoms with van der Waals surface area (Å²) >= 11 is 0. The van der Waals surface area contributed by atoms with Crippen molar-refractivity contribution in [3.63, 3.8) is 0 Å². The Hall–Kier alpha value is -2.70. The number of aromatic nitrogens is 3. The molecule has 0 saturated heterocycles. The van der Waals surface area contributed by atoms with Crippen molar-refractivity contribution in [3.8, 4) is 5.69 Å². The van der Waals surface area contributed by atoms with Gasteiger partial charge in [0.1, 0.15) is 0 Å². The smallest absolute Gasteiger partial charge is 0.273 e. The summed E-state index contributed by atoms with van der Waals surface area (Å²) in [5, 5.41) is 13.8. The lowest BCUT2D eigenvalue weighted by atomic mass is 10.1. The van der Waals surface area contributed by atoms with Gasteiger partial charge in [0.25, 0.3) is 11.8 Å². The minimum Gasteiger partial charge on any atom is -0.352 e. The van der Waals surface area contributed by atoms with Crippen LogP contribution in [-0.2, 0) is 0 Å². The van der Waals surface area contributed by atoms with Crippen LogP contribution < -0.4 is 10.6 Å². The first kappa shape index (κ1) is 16.2. The molecule has 1 saturated carbocycles. The third-order valence-corrected chi connectivity index (χ3v) is 4.06. The van der Waals surface area contributed by atoms with E-state index < -0.39 is 0 Å². The molecule has 0 unspecified atom stereocenters. The van der Waals surface area contributed by atoms with E-state index in [0.717, 1.165) is 24.1 Å². The molecule has 0 aliphatic heterocycles. The zero-order chi connectivity index (χ0) is 17.3. The second-order valence-electron chi connectivity index (χ2n) is 6.04. The number of carbonyl (C=O) groups is 2. The van der Waals surface area contributed by atoms with Crippen molar-refractivity contribution in [2.75, 3.05) is 6.54 Å². The zero-order valence-corrected chi connectivity index (χ0v) is 14.1. The maximum atomic E-state index is 12.2. The molecule has 2 aromatic rings. The maximum absolute atomic E-state index is 12.2. The number of aryl methyl sites for hydroxylation is 1. The lowest BCUT2D eigenvalue weighted by Gasteiger charge is -2.09. The highest BCUT2D eigenvalue weighted by molar-refractivity contribution is 5.96. The average molecular weight is 327 g/mol. The number of carbonyl (C=O) groups excluding carboxylic acids is 2. The predicted molar refractivity (Wildman–Crippen MR) is 89.3 cm³/mol. The van der Waals surface area contributed by atoms with E-state index >= 15 is 0 Å². The van der Waals surface area contributed by atoms with Crippen molar-refractivity contribution >= 4 is 11.8 Å². The summed E-state index contributed by atoms with van der Waals surface area (Å²) in [7, 11) is 0. The molecule has 1 fully saturated rings. The largest absolute Gasteiger partial charge is 0.352 e. The predicted octanol–water partition coefficient (Wildman–Crippen LogP) is 1.53. The molecule has 1 aliphatic carbocycles. The summed E-state index contributed by atoms with van der Waals surface area (Å²) in [5.74, 6) is -0.279. The lowest BCUT2D eigenvalue weighted by Crippen LogP contribution is -2.26. The Morgan fingerprint density at radius 1 is 1.25 bits per heavy atom. The highest BCUT2D eigenvalue weighted by Gasteiger charge is 2.26. The second-order valence-corrected chi connectivity index (χ2v) is 6.04. The van der Waals surface area contributed by atoms with Gasteiger partial charge in [0, 0.05) is 18.2 Å². The van der Waals surface area contributed by atoms with Crippen molar-refractivity contribution in [3.05, 3.63) is 40.7 Å². The Labute approximate surface area is 140 Å². The van der Waals surface area contributed by atoms with Gasteiger partial charge in [-0.05, 0) is 57.4 Å². The molecule has 0 radical (unpaired) electrons. The molecule has 3 rings (SSSR count). The fourth-order valence-electron chi connectivity index (χ4n) is 2.56. The van der Waals surface area contributed by atoms with Gasteiger partial charge in [-0.15, -0.1) is 5.10 Å². The lowest BCUT2D eigenvalue weighted by molar-refractivity contribution is 0.0940. The van der Waals surface area contributed by atoms with Crippen LogP contribution in [0.3, 0.4) is 0 Å². The molecule has 0 spiro atoms. The number of rotatable bonds is 5. The number of amides is 2. The van der Waals surface area contributed by atoms with E-state index in [4.69, 9.17) is 0 Å². The van der Waals surface area contributed by atoms with E-state index in [2.05, 4.69) is 20.9 Å². The average Bonchev–Trinajstić information content (AvgIpc) is 3.27. The van der Waals surface area contributed by atoms with E-state index in [1.807, 2.05) is 32.9 Å². The van der Waals surface area contributed by atoms with Crippen molar-refractivity contribution in [1.82, 2.24) is 25.6 Å². The maximum Gasteiger partial charge on any atom is 0.273 e. The van der Waals surface area contributed by atoms with Crippen LogP contribution in [0.1, 0.15) is 51.9 Å². The van der Waals surface area contributed by atoms with Gasteiger partial charge in [-0.2, -0.15) is 0 Å². The van der Waals surface area contributed by atoms with Crippen LogP contribution in [0.25, 0.3) is 5.69 Å². The van der Waals surface area contributed by atoms with Crippen LogP contribution in [0, 0.1) is 13.8 Å². The fourth-order valence-corrected chi connectivity index (χ4v) is 2.56. The second kappa shape index (κ2) is 6.43. The fraction of sp³-hybridized carbons (Fsp3) is 0.412. The summed E-state index contributed by atoms with van der Waals surface area (Å²) < 4.78 is 1.62. The van der Waals surface area contributed by atoms with Crippen LogP contribution in [-0.4, -0.2) is 39.4 Å². The van der Waals surface area contributed by atoms with E-state index in [0.29, 0.717) is 23.5 Å². The van der Waals surface area contributed by atoms with E-state index in [1.54, 1.807) is 10.7 Å². The van der Waals surface area contributed by atoms with Crippen molar-refractivity contribution in [1.29, 1.82) is 0 Å². The van der Waals surface area contributed by atoms with Crippen molar-refractivity contribution in [2.24, 2.45) is 0 Å². The first-order valence-corrected chi connectivity index (χ1v) is 8.13. The SMILES string of the molecule is CCNC(=O)c1ccc(-n2nnc(C(=O)NC3CC3)c2C)cc1C. The standard InChI is InChI=1S/C17H21N5O2/c1-4-18-16(23)14-8-7-13(9-10(14)2)22-11(3)15(20-21-22)17(24)19-12-5-6-12/h7-9,12H,4-6H2,1-3H3,(H,18,23)(H,19,24). The zero-order valence-electron chi connectivity index (χ0n) is 14.1. The summed E-state index contributed by atoms with van der Waals surface area (Å²) in [6, 6.07) is 5.72. The molecule has 126 valence electrons. The monoisotopic (exact) mass is 327 g/mol. The number of hydrogen-bond acceptors (Lipinski definition) is 4. The molecule has 1 aromatic heterocycles. The highest BCUT2D eigenvalue weighted by atomic mass is 16.2. The van der Waals surface area contributed by atoms with E-state index in [1.165, 1.54) is 0 Å². The van der Waals surface area contributed by atoms with Gasteiger partial charge in [0.15, 0.2) is 5.69 Å². The van der Waals surface area contributed by atoms with Crippen LogP contribution in [0.2, 0.25) is 0 Å². The topological polar surface area (TPSA) is 88.9 Å². The van der Waals surface area contributed by atoms with Gasteiger partial charge in [-0.3, -0.25) is 9.59 Å². The molecule has 0 atom stereocenters. The third kappa shape index (κ3) is 3.15. The van der Waals surface area contributed by atoms with Crippen LogP contribution in [0.15, 0.2) is 18.2 Å². The first-order chi connectivity index (χ1) is 11.5. The van der Waals surface area contributed by atoms with Crippen LogP contribution in [0.5, 0.6) is 0 Å². The van der Waals surface area contributed by atoms with Crippen LogP contribution >= 0.6 is 0 Å². The highest BCUT2D eigenvalue weighted by Crippen LogP contribution is 2.20. The number of benzene rings is 1. The van der Waals surface area contributed by atoms with Crippen LogP contribution in [0.4, 0.5) is 0 Å². The van der Waals surface area contributed by atoms with Gasteiger partial charge in [0.2, 0.25) is 0 Å². The molecule has 1 aliphatic rings. The van der Waals surface area contributed by atoms with E-state index in [-0.39, 0.29) is 17.9 Å². The summed E-state index contributed by atoms with van der Waals surface area (Å²) in [6.07, 6.45) is 2.05. The van der Waals surface area contributed by atoms with Crippen molar-refractivity contribution < 1.29 is 9.59 Å². The number of hydrogen-bond donors (Lipinski definition) is 2. The molecule has 7 heteroatoms. The summed E-state index contributed by atoms with van der Waals surface area (Å²) in [5.41, 5.74) is 3.27. The Kier molecular flexibility index (Phi) is 4.33. The minimum atomic E-state index is -0.183. The molecule has 2 amide bonds. The summed E-state index contributed by atoms with van der Waals surface area (Å²) in [4.78, 5) is 24.1. The molecule has 7 nitrogen and oxygen atoms in total. The van der Waals surface area contributed by atoms with Gasteiger partial charge < -0.3 is 10.6 Å². The third-order valence-electron chi connectivity index (χ3n) is 4.06. The normalized spacial score (nSPS) is 13.6. The number of nitrogens with zero attached hydrogens (tertiary/aromatic N) is 3. The first-order valence-electron chi connectivity index (χ1n) is 8.13. The molecule has 1 aromatic carbocycles. The molecule has 24 heavy (non-hydrogen) atoms. The molecule has 1 heterocycles.